The van der Waals surface area contributed by atoms with Gasteiger partial charge in [-0.25, -0.2) is 9.59 Å². The lowest BCUT2D eigenvalue weighted by atomic mass is 9.98. The molecule has 40 heavy (non-hydrogen) atoms. The Morgan fingerprint density at radius 2 is 1.55 bits per heavy atom. The van der Waals surface area contributed by atoms with Crippen LogP contribution in [-0.4, -0.2) is 60.4 Å². The molecule has 1 N–H and O–H groups in total. The molecule has 0 spiro atoms. The molecule has 8 heteroatoms. The Balaban J connectivity index is 1.16. The molecule has 5 rings (SSSR count). The Labute approximate surface area is 250 Å². The molecule has 0 saturated carbocycles. The monoisotopic (exact) mass is 653 g/mol. The number of nitrogens with zero attached hydrogens (tertiary/aromatic N) is 2. The molecule has 1 saturated heterocycles. The summed E-state index contributed by atoms with van der Waals surface area (Å²) >= 11 is 2.30. The van der Waals surface area contributed by atoms with Crippen LogP contribution in [0, 0.1) is 10.5 Å². The average Bonchev–Trinajstić information content (AvgIpc) is 3.23. The molecule has 0 unspecified atom stereocenters. The van der Waals surface area contributed by atoms with Crippen LogP contribution in [0.5, 0.6) is 0 Å². The summed E-state index contributed by atoms with van der Waals surface area (Å²) < 4.78 is 12.4. The van der Waals surface area contributed by atoms with Crippen molar-refractivity contribution in [1.29, 1.82) is 0 Å². The van der Waals surface area contributed by atoms with Crippen molar-refractivity contribution >= 4 is 40.5 Å². The molecule has 210 valence electrons. The summed E-state index contributed by atoms with van der Waals surface area (Å²) in [6, 6.07) is 20.7. The minimum Gasteiger partial charge on any atom is -0.448 e. The number of amides is 2. The van der Waals surface area contributed by atoms with Gasteiger partial charge in [0.05, 0.1) is 0 Å². The van der Waals surface area contributed by atoms with Crippen molar-refractivity contribution in [3.63, 3.8) is 0 Å². The molecule has 2 amide bonds. The molecule has 1 fully saturated rings. The summed E-state index contributed by atoms with van der Waals surface area (Å²) in [5.41, 5.74) is 7.38. The third kappa shape index (κ3) is 6.44. The lowest BCUT2D eigenvalue weighted by Gasteiger charge is -2.34. The summed E-state index contributed by atoms with van der Waals surface area (Å²) in [6.45, 7) is 11.4. The molecule has 1 aliphatic carbocycles. The van der Waals surface area contributed by atoms with E-state index in [4.69, 9.17) is 9.47 Å². The van der Waals surface area contributed by atoms with E-state index in [-0.39, 0.29) is 12.0 Å². The Morgan fingerprint density at radius 1 is 0.950 bits per heavy atom. The van der Waals surface area contributed by atoms with Gasteiger partial charge in [0.25, 0.3) is 0 Å². The van der Waals surface area contributed by atoms with Gasteiger partial charge in [0.1, 0.15) is 12.2 Å². The molecular weight excluding hydrogens is 617 g/mol. The molecule has 3 aromatic carbocycles. The molecule has 0 bridgehead atoms. The zero-order chi connectivity index (χ0) is 28.4. The fourth-order valence-corrected chi connectivity index (χ4v) is 6.09. The normalized spacial score (nSPS) is 15.4. The van der Waals surface area contributed by atoms with Crippen LogP contribution in [0.4, 0.5) is 15.3 Å². The van der Waals surface area contributed by atoms with Gasteiger partial charge in [-0.3, -0.25) is 10.2 Å². The van der Waals surface area contributed by atoms with Gasteiger partial charge in [0, 0.05) is 47.9 Å². The highest BCUT2D eigenvalue weighted by Crippen LogP contribution is 2.44. The third-order valence-electron chi connectivity index (χ3n) is 7.46. The second-order valence-electron chi connectivity index (χ2n) is 11.4. The lowest BCUT2D eigenvalue weighted by Crippen LogP contribution is -2.48. The average molecular weight is 654 g/mol. The lowest BCUT2D eigenvalue weighted by molar-refractivity contribution is 0.0635. The number of rotatable bonds is 5. The summed E-state index contributed by atoms with van der Waals surface area (Å²) in [4.78, 5) is 29.5. The SMILES string of the molecule is Cc1c(I)cc(NC(=O)OC(C)(C)C)cc1CN1CCN(C(=O)OCC2c3ccccc3-c3ccccc32)CC1. The van der Waals surface area contributed by atoms with Crippen molar-refractivity contribution in [1.82, 2.24) is 9.80 Å². The molecule has 0 atom stereocenters. The number of carbonyl (C=O) groups is 2. The van der Waals surface area contributed by atoms with Crippen LogP contribution >= 0.6 is 22.6 Å². The highest BCUT2D eigenvalue weighted by atomic mass is 127. The van der Waals surface area contributed by atoms with Gasteiger partial charge in [0.15, 0.2) is 0 Å². The predicted octanol–water partition coefficient (Wildman–Crippen LogP) is 7.01. The van der Waals surface area contributed by atoms with Crippen LogP contribution < -0.4 is 5.32 Å². The molecule has 2 aliphatic rings. The van der Waals surface area contributed by atoms with Crippen molar-refractivity contribution in [3.05, 3.63) is 86.5 Å². The number of piperazine rings is 1. The van der Waals surface area contributed by atoms with E-state index in [9.17, 15) is 9.59 Å². The minimum atomic E-state index is -0.558. The number of carbonyl (C=O) groups excluding carboxylic acids is 2. The van der Waals surface area contributed by atoms with Crippen molar-refractivity contribution < 1.29 is 19.1 Å². The number of benzene rings is 3. The Bertz CT molecular complexity index is 1360. The van der Waals surface area contributed by atoms with E-state index < -0.39 is 11.7 Å². The maximum absolute atomic E-state index is 13.0. The number of fused-ring (bicyclic) bond motifs is 3. The van der Waals surface area contributed by atoms with Crippen LogP contribution in [0.1, 0.15) is 48.9 Å². The highest BCUT2D eigenvalue weighted by Gasteiger charge is 2.30. The topological polar surface area (TPSA) is 71.1 Å². The number of hydrogen-bond acceptors (Lipinski definition) is 5. The predicted molar refractivity (Wildman–Crippen MR) is 166 cm³/mol. The minimum absolute atomic E-state index is 0.0599. The largest absolute Gasteiger partial charge is 0.448 e. The maximum atomic E-state index is 13.0. The van der Waals surface area contributed by atoms with Crippen molar-refractivity contribution in [3.8, 4) is 11.1 Å². The first-order valence-corrected chi connectivity index (χ1v) is 14.8. The Morgan fingerprint density at radius 3 is 2.15 bits per heavy atom. The quantitative estimate of drug-likeness (QED) is 0.300. The molecule has 0 aromatic heterocycles. The fraction of sp³-hybridized carbons (Fsp3) is 0.375. The van der Waals surface area contributed by atoms with Gasteiger partial charge in [-0.1, -0.05) is 48.5 Å². The fourth-order valence-electron chi connectivity index (χ4n) is 5.41. The van der Waals surface area contributed by atoms with Crippen molar-refractivity contribution in [2.45, 2.75) is 45.8 Å². The number of halogens is 1. The number of anilines is 1. The molecule has 1 aliphatic heterocycles. The van der Waals surface area contributed by atoms with E-state index in [2.05, 4.69) is 76.1 Å². The molecule has 7 nitrogen and oxygen atoms in total. The second kappa shape index (κ2) is 11.8. The van der Waals surface area contributed by atoms with Crippen molar-refractivity contribution in [2.75, 3.05) is 38.1 Å². The summed E-state index contributed by atoms with van der Waals surface area (Å²) in [6.07, 6.45) is -0.717. The van der Waals surface area contributed by atoms with Crippen LogP contribution in [0.25, 0.3) is 11.1 Å². The van der Waals surface area contributed by atoms with Crippen LogP contribution in [0.3, 0.4) is 0 Å². The van der Waals surface area contributed by atoms with Crippen LogP contribution in [0.2, 0.25) is 0 Å². The van der Waals surface area contributed by atoms with Gasteiger partial charge in [-0.05, 0) is 95.8 Å². The second-order valence-corrected chi connectivity index (χ2v) is 12.6. The summed E-state index contributed by atoms with van der Waals surface area (Å²) in [5.74, 6) is 0.0599. The summed E-state index contributed by atoms with van der Waals surface area (Å²) in [7, 11) is 0. The number of nitrogens with one attached hydrogen (secondary N) is 1. The smallest absolute Gasteiger partial charge is 0.412 e. The molecular formula is C32H36IN3O4. The van der Waals surface area contributed by atoms with Gasteiger partial charge in [-0.2, -0.15) is 0 Å². The van der Waals surface area contributed by atoms with E-state index in [1.54, 1.807) is 4.90 Å². The molecule has 3 aromatic rings. The van der Waals surface area contributed by atoms with Gasteiger partial charge < -0.3 is 14.4 Å². The first-order chi connectivity index (χ1) is 19.1. The Hall–Kier alpha value is -3.11. The van der Waals surface area contributed by atoms with E-state index in [0.29, 0.717) is 19.7 Å². The van der Waals surface area contributed by atoms with Gasteiger partial charge in [0.2, 0.25) is 0 Å². The van der Waals surface area contributed by atoms with Gasteiger partial charge >= 0.3 is 12.2 Å². The molecule has 1 heterocycles. The van der Waals surface area contributed by atoms with Gasteiger partial charge in [-0.15, -0.1) is 0 Å². The van der Waals surface area contributed by atoms with E-state index >= 15 is 0 Å². The highest BCUT2D eigenvalue weighted by molar-refractivity contribution is 14.1. The third-order valence-corrected chi connectivity index (χ3v) is 8.58. The van der Waals surface area contributed by atoms with E-state index in [1.165, 1.54) is 27.8 Å². The standard InChI is InChI=1S/C32H36IN3O4/c1-21-22(17-23(18-29(21)33)34-30(37)40-32(2,3)4)19-35-13-15-36(16-14-35)31(38)39-20-28-26-11-7-5-9-24(26)25-10-6-8-12-27(25)28/h5-12,17-18,28H,13-16,19-20H2,1-4H3,(H,34,37). The first-order valence-electron chi connectivity index (χ1n) is 13.7. The number of ether oxygens (including phenoxy) is 2. The summed E-state index contributed by atoms with van der Waals surface area (Å²) in [5, 5.41) is 2.86. The van der Waals surface area contributed by atoms with Crippen molar-refractivity contribution in [2.24, 2.45) is 0 Å². The Kier molecular flexibility index (Phi) is 8.37. The number of hydrogen-bond donors (Lipinski definition) is 1. The maximum Gasteiger partial charge on any atom is 0.412 e. The first kappa shape index (κ1) is 28.4. The molecule has 0 radical (unpaired) electrons. The van der Waals surface area contributed by atoms with Crippen LogP contribution in [0.15, 0.2) is 60.7 Å². The van der Waals surface area contributed by atoms with Crippen LogP contribution in [-0.2, 0) is 16.0 Å². The van der Waals surface area contributed by atoms with E-state index in [1.807, 2.05) is 45.0 Å². The van der Waals surface area contributed by atoms with E-state index in [0.717, 1.165) is 34.5 Å². The zero-order valence-electron chi connectivity index (χ0n) is 23.5. The zero-order valence-corrected chi connectivity index (χ0v) is 25.7.